The number of hydrogen-bond acceptors (Lipinski definition) is 3. The Balaban J connectivity index is 2.97. The highest BCUT2D eigenvalue weighted by Gasteiger charge is 2.22. The van der Waals surface area contributed by atoms with Crippen LogP contribution in [0.5, 0.6) is 0 Å². The summed E-state index contributed by atoms with van der Waals surface area (Å²) in [6.45, 7) is 7.21. The van der Waals surface area contributed by atoms with Crippen LogP contribution in [0.25, 0.3) is 0 Å². The number of benzene rings is 1. The normalized spacial score (nSPS) is 11.6. The second kappa shape index (κ2) is 5.52. The van der Waals surface area contributed by atoms with Gasteiger partial charge in [-0.2, -0.15) is 0 Å². The molecule has 0 aromatic heterocycles. The summed E-state index contributed by atoms with van der Waals surface area (Å²) in [4.78, 5) is 2.11. The summed E-state index contributed by atoms with van der Waals surface area (Å²) in [5.41, 5.74) is 3.49. The minimum Gasteiger partial charge on any atom is -0.394 e. The maximum Gasteiger partial charge on any atom is 0.0658 e. The maximum absolute atomic E-state index is 9.38. The lowest BCUT2D eigenvalue weighted by Crippen LogP contribution is -2.44. The minimum atomic E-state index is -0.239. The molecule has 0 radical (unpaired) electrons. The Morgan fingerprint density at radius 1 is 1.35 bits per heavy atom. The Morgan fingerprint density at radius 2 is 2.00 bits per heavy atom. The molecule has 17 heavy (non-hydrogen) atoms. The summed E-state index contributed by atoms with van der Waals surface area (Å²) < 4.78 is 0. The summed E-state index contributed by atoms with van der Waals surface area (Å²) in [5.74, 6) is 0. The largest absolute Gasteiger partial charge is 0.394 e. The lowest BCUT2D eigenvalue weighted by molar-refractivity contribution is 0.216. The van der Waals surface area contributed by atoms with Crippen molar-refractivity contribution >= 4 is 5.69 Å². The summed E-state index contributed by atoms with van der Waals surface area (Å²) in [6, 6.07) is 6.42. The molecule has 3 nitrogen and oxygen atoms in total. The van der Waals surface area contributed by atoms with Crippen molar-refractivity contribution in [3.8, 4) is 0 Å². The van der Waals surface area contributed by atoms with Gasteiger partial charge in [0.1, 0.15) is 0 Å². The summed E-state index contributed by atoms with van der Waals surface area (Å²) in [6.07, 6.45) is 0. The Bertz CT molecular complexity index is 374. The summed E-state index contributed by atoms with van der Waals surface area (Å²) in [7, 11) is 3.97. The average molecular weight is 236 g/mol. The number of aryl methyl sites for hydroxylation is 1. The van der Waals surface area contributed by atoms with Gasteiger partial charge in [-0.3, -0.25) is 0 Å². The van der Waals surface area contributed by atoms with Gasteiger partial charge in [0, 0.05) is 19.3 Å². The predicted octanol–water partition coefficient (Wildman–Crippen LogP) is 1.92. The highest BCUT2D eigenvalue weighted by atomic mass is 16.3. The van der Waals surface area contributed by atoms with Crippen LogP contribution >= 0.6 is 0 Å². The van der Waals surface area contributed by atoms with Crippen molar-refractivity contribution in [2.75, 3.05) is 25.6 Å². The zero-order chi connectivity index (χ0) is 13.1. The van der Waals surface area contributed by atoms with E-state index in [0.29, 0.717) is 0 Å². The number of hydrogen-bond donors (Lipinski definition) is 2. The second-order valence-electron chi connectivity index (χ2n) is 5.17. The quantitative estimate of drug-likeness (QED) is 0.820. The number of aliphatic hydroxyl groups is 1. The Morgan fingerprint density at radius 3 is 2.47 bits per heavy atom. The molecular formula is C14H24N2O. The summed E-state index contributed by atoms with van der Waals surface area (Å²) >= 11 is 0. The molecule has 0 saturated heterocycles. The van der Waals surface area contributed by atoms with Crippen molar-refractivity contribution < 1.29 is 5.11 Å². The molecule has 0 aliphatic heterocycles. The third-order valence-corrected chi connectivity index (χ3v) is 3.38. The van der Waals surface area contributed by atoms with E-state index in [1.165, 1.54) is 11.1 Å². The maximum atomic E-state index is 9.38. The third-order valence-electron chi connectivity index (χ3n) is 3.38. The zero-order valence-corrected chi connectivity index (χ0v) is 11.5. The van der Waals surface area contributed by atoms with Crippen LogP contribution in [0.4, 0.5) is 5.69 Å². The first kappa shape index (κ1) is 14.0. The van der Waals surface area contributed by atoms with Gasteiger partial charge in [0.05, 0.1) is 12.1 Å². The molecule has 0 amide bonds. The highest BCUT2D eigenvalue weighted by Crippen LogP contribution is 2.24. The van der Waals surface area contributed by atoms with Gasteiger partial charge in [-0.25, -0.2) is 0 Å². The van der Waals surface area contributed by atoms with Gasteiger partial charge in [0.25, 0.3) is 0 Å². The molecule has 0 bridgehead atoms. The van der Waals surface area contributed by atoms with Crippen LogP contribution in [0.1, 0.15) is 25.0 Å². The Hall–Kier alpha value is -1.06. The van der Waals surface area contributed by atoms with E-state index in [1.807, 2.05) is 27.9 Å². The smallest absolute Gasteiger partial charge is 0.0658 e. The van der Waals surface area contributed by atoms with Crippen molar-refractivity contribution in [1.29, 1.82) is 0 Å². The molecule has 1 aromatic rings. The fourth-order valence-corrected chi connectivity index (χ4v) is 1.73. The Labute approximate surface area is 104 Å². The lowest BCUT2D eigenvalue weighted by atomic mass is 10.0. The highest BCUT2D eigenvalue weighted by molar-refractivity contribution is 5.52. The van der Waals surface area contributed by atoms with Gasteiger partial charge >= 0.3 is 0 Å². The van der Waals surface area contributed by atoms with E-state index in [4.69, 9.17) is 0 Å². The van der Waals surface area contributed by atoms with Crippen LogP contribution in [-0.4, -0.2) is 31.3 Å². The number of likely N-dealkylation sites (N-methyl/N-ethyl adjacent to an activating group) is 1. The molecular weight excluding hydrogens is 212 g/mol. The molecule has 0 heterocycles. The first-order valence-electron chi connectivity index (χ1n) is 6.01. The van der Waals surface area contributed by atoms with E-state index in [0.717, 1.165) is 12.2 Å². The number of nitrogens with zero attached hydrogens (tertiary/aromatic N) is 1. The number of rotatable bonds is 5. The summed E-state index contributed by atoms with van der Waals surface area (Å²) in [5, 5.41) is 12.5. The van der Waals surface area contributed by atoms with Gasteiger partial charge in [0.2, 0.25) is 0 Å². The van der Waals surface area contributed by atoms with Crippen molar-refractivity contribution in [2.24, 2.45) is 0 Å². The molecule has 0 spiro atoms. The van der Waals surface area contributed by atoms with Crippen molar-refractivity contribution in [1.82, 2.24) is 5.32 Å². The van der Waals surface area contributed by atoms with Gasteiger partial charge < -0.3 is 15.3 Å². The van der Waals surface area contributed by atoms with Crippen LogP contribution in [0.3, 0.4) is 0 Å². The van der Waals surface area contributed by atoms with Crippen LogP contribution in [0, 0.1) is 6.92 Å². The Kier molecular flexibility index (Phi) is 4.54. The fourth-order valence-electron chi connectivity index (χ4n) is 1.73. The van der Waals surface area contributed by atoms with E-state index in [2.05, 4.69) is 35.3 Å². The van der Waals surface area contributed by atoms with Gasteiger partial charge in [-0.15, -0.1) is 0 Å². The monoisotopic (exact) mass is 236 g/mol. The number of aliphatic hydroxyl groups excluding tert-OH is 1. The standard InChI is InChI=1S/C14H24N2O/c1-11-8-13(7-6-12(11)9-15-4)16(5)14(2,3)10-17/h6-8,15,17H,9-10H2,1-5H3. The van der Waals surface area contributed by atoms with Gasteiger partial charge in [-0.1, -0.05) is 6.07 Å². The van der Waals surface area contributed by atoms with E-state index in [1.54, 1.807) is 0 Å². The average Bonchev–Trinajstić information content (AvgIpc) is 2.31. The van der Waals surface area contributed by atoms with Crippen molar-refractivity contribution in [3.63, 3.8) is 0 Å². The topological polar surface area (TPSA) is 35.5 Å². The molecule has 0 fully saturated rings. The predicted molar refractivity (Wildman–Crippen MR) is 73.5 cm³/mol. The molecule has 96 valence electrons. The molecule has 0 aliphatic carbocycles. The zero-order valence-electron chi connectivity index (χ0n) is 11.5. The van der Waals surface area contributed by atoms with Gasteiger partial charge in [-0.05, 0) is 51.1 Å². The molecule has 1 rings (SSSR count). The lowest BCUT2D eigenvalue weighted by Gasteiger charge is -2.36. The molecule has 3 heteroatoms. The number of anilines is 1. The first-order valence-corrected chi connectivity index (χ1v) is 6.01. The molecule has 0 atom stereocenters. The van der Waals surface area contributed by atoms with Gasteiger partial charge in [0.15, 0.2) is 0 Å². The van der Waals surface area contributed by atoms with Crippen molar-refractivity contribution in [2.45, 2.75) is 32.9 Å². The minimum absolute atomic E-state index is 0.140. The molecule has 0 unspecified atom stereocenters. The van der Waals surface area contributed by atoms with Crippen LogP contribution in [0.2, 0.25) is 0 Å². The third kappa shape index (κ3) is 3.20. The fraction of sp³-hybridized carbons (Fsp3) is 0.571. The van der Waals surface area contributed by atoms with Crippen LogP contribution < -0.4 is 10.2 Å². The molecule has 0 aliphatic rings. The molecule has 2 N–H and O–H groups in total. The molecule has 1 aromatic carbocycles. The van der Waals surface area contributed by atoms with Crippen LogP contribution in [-0.2, 0) is 6.54 Å². The van der Waals surface area contributed by atoms with E-state index in [-0.39, 0.29) is 12.1 Å². The SMILES string of the molecule is CNCc1ccc(N(C)C(C)(C)CO)cc1C. The first-order chi connectivity index (χ1) is 7.92. The van der Waals surface area contributed by atoms with E-state index in [9.17, 15) is 5.11 Å². The van der Waals surface area contributed by atoms with Crippen molar-refractivity contribution in [3.05, 3.63) is 29.3 Å². The number of nitrogens with one attached hydrogen (secondary N) is 1. The van der Waals surface area contributed by atoms with E-state index >= 15 is 0 Å². The second-order valence-corrected chi connectivity index (χ2v) is 5.17. The molecule has 0 saturated carbocycles. The van der Waals surface area contributed by atoms with E-state index < -0.39 is 0 Å². The van der Waals surface area contributed by atoms with Crippen LogP contribution in [0.15, 0.2) is 18.2 Å².